The van der Waals surface area contributed by atoms with Crippen LogP contribution >= 0.6 is 0 Å². The maximum absolute atomic E-state index is 13.0. The molecule has 0 aliphatic heterocycles. The first-order valence-electron chi connectivity index (χ1n) is 11.2. The molecule has 3 N–H and O–H groups in total. The van der Waals surface area contributed by atoms with Crippen molar-refractivity contribution in [2.24, 2.45) is 5.92 Å². The van der Waals surface area contributed by atoms with Gasteiger partial charge in [0.05, 0.1) is 17.8 Å². The van der Waals surface area contributed by atoms with Gasteiger partial charge in [0.1, 0.15) is 0 Å². The van der Waals surface area contributed by atoms with Crippen LogP contribution in [-0.4, -0.2) is 41.3 Å². The summed E-state index contributed by atoms with van der Waals surface area (Å²) < 4.78 is 3.51. The lowest BCUT2D eigenvalue weighted by Crippen LogP contribution is -2.32. The van der Waals surface area contributed by atoms with Gasteiger partial charge in [-0.15, -0.1) is 5.10 Å². The topological polar surface area (TPSA) is 116 Å². The molecule has 0 spiro atoms. The lowest BCUT2D eigenvalue weighted by Gasteiger charge is -2.22. The molecular weight excluding hydrogens is 416 g/mol. The van der Waals surface area contributed by atoms with Crippen molar-refractivity contribution in [1.82, 2.24) is 34.7 Å². The number of carbonyl (C=O) groups is 1. The Hall–Kier alpha value is -3.75. The molecule has 4 heterocycles. The van der Waals surface area contributed by atoms with Gasteiger partial charge in [-0.25, -0.2) is 4.52 Å². The van der Waals surface area contributed by atoms with Crippen molar-refractivity contribution in [3.63, 3.8) is 0 Å². The molecule has 0 aliphatic rings. The second-order valence-corrected chi connectivity index (χ2v) is 8.86. The minimum atomic E-state index is -0.207. The van der Waals surface area contributed by atoms with Crippen LogP contribution in [0.4, 0.5) is 5.95 Å². The molecule has 0 aromatic carbocycles. The SMILES string of the molecule is CCC(C)NC(=O)c1cc(-c2cnn(C(c3cncc(C)c3)C(C)C)c2)cn2nc(N)nc12. The second kappa shape index (κ2) is 9.01. The second-order valence-electron chi connectivity index (χ2n) is 8.86. The Labute approximate surface area is 193 Å². The molecule has 0 bridgehead atoms. The van der Waals surface area contributed by atoms with Gasteiger partial charge in [0, 0.05) is 42.0 Å². The number of nitrogens with two attached hydrogens (primary N) is 1. The Balaban J connectivity index is 1.76. The number of anilines is 1. The first-order chi connectivity index (χ1) is 15.8. The molecule has 9 heteroatoms. The van der Waals surface area contributed by atoms with Gasteiger partial charge < -0.3 is 11.1 Å². The maximum Gasteiger partial charge on any atom is 0.255 e. The van der Waals surface area contributed by atoms with Crippen molar-refractivity contribution >= 4 is 17.5 Å². The largest absolute Gasteiger partial charge is 0.366 e. The van der Waals surface area contributed by atoms with Crippen molar-refractivity contribution in [3.05, 3.63) is 59.8 Å². The van der Waals surface area contributed by atoms with Gasteiger partial charge in [-0.1, -0.05) is 26.8 Å². The van der Waals surface area contributed by atoms with Crippen molar-refractivity contribution in [3.8, 4) is 11.1 Å². The van der Waals surface area contributed by atoms with E-state index in [4.69, 9.17) is 5.73 Å². The number of nitrogens with one attached hydrogen (secondary N) is 1. The summed E-state index contributed by atoms with van der Waals surface area (Å²) in [6, 6.07) is 4.03. The fraction of sp³-hybridized carbons (Fsp3) is 0.375. The number of carbonyl (C=O) groups excluding carboxylic acids is 1. The zero-order chi connectivity index (χ0) is 23.7. The number of rotatable bonds is 7. The van der Waals surface area contributed by atoms with Crippen molar-refractivity contribution in [2.45, 2.75) is 53.1 Å². The first kappa shape index (κ1) is 22.4. The van der Waals surface area contributed by atoms with Gasteiger partial charge in [0.15, 0.2) is 5.65 Å². The smallest absolute Gasteiger partial charge is 0.255 e. The van der Waals surface area contributed by atoms with E-state index in [1.807, 2.05) is 56.3 Å². The molecule has 2 atom stereocenters. The van der Waals surface area contributed by atoms with Gasteiger partial charge in [0.2, 0.25) is 5.95 Å². The molecule has 0 saturated carbocycles. The highest BCUT2D eigenvalue weighted by Crippen LogP contribution is 2.29. The summed E-state index contributed by atoms with van der Waals surface area (Å²) in [5.41, 5.74) is 10.6. The summed E-state index contributed by atoms with van der Waals surface area (Å²) in [6.07, 6.45) is 10.2. The molecule has 4 aromatic heterocycles. The van der Waals surface area contributed by atoms with E-state index in [1.54, 1.807) is 10.7 Å². The zero-order valence-corrected chi connectivity index (χ0v) is 19.6. The van der Waals surface area contributed by atoms with Crippen LogP contribution in [0.3, 0.4) is 0 Å². The highest BCUT2D eigenvalue weighted by molar-refractivity contribution is 6.01. The molecule has 0 radical (unpaired) electrons. The van der Waals surface area contributed by atoms with E-state index in [0.717, 1.165) is 28.7 Å². The molecule has 0 saturated heterocycles. The van der Waals surface area contributed by atoms with Crippen LogP contribution in [0.2, 0.25) is 0 Å². The summed E-state index contributed by atoms with van der Waals surface area (Å²) >= 11 is 0. The lowest BCUT2D eigenvalue weighted by molar-refractivity contribution is 0.0940. The molecule has 0 fully saturated rings. The van der Waals surface area contributed by atoms with Crippen LogP contribution < -0.4 is 11.1 Å². The van der Waals surface area contributed by atoms with E-state index in [1.165, 1.54) is 0 Å². The molecule has 9 nitrogen and oxygen atoms in total. The van der Waals surface area contributed by atoms with Crippen LogP contribution in [0.25, 0.3) is 16.8 Å². The highest BCUT2D eigenvalue weighted by atomic mass is 16.1. The Morgan fingerprint density at radius 1 is 1.12 bits per heavy atom. The molecule has 4 aromatic rings. The van der Waals surface area contributed by atoms with Gasteiger partial charge in [-0.2, -0.15) is 10.1 Å². The Bertz CT molecular complexity index is 1290. The van der Waals surface area contributed by atoms with Gasteiger partial charge in [-0.3, -0.25) is 14.5 Å². The monoisotopic (exact) mass is 446 g/mol. The minimum absolute atomic E-state index is 0.0325. The summed E-state index contributed by atoms with van der Waals surface area (Å²) in [4.78, 5) is 21.6. The number of hydrogen-bond acceptors (Lipinski definition) is 6. The first-order valence-corrected chi connectivity index (χ1v) is 11.2. The zero-order valence-electron chi connectivity index (χ0n) is 19.6. The highest BCUT2D eigenvalue weighted by Gasteiger charge is 2.22. The molecule has 4 rings (SSSR count). The molecular formula is C24H30N8O. The Morgan fingerprint density at radius 2 is 1.91 bits per heavy atom. The molecule has 1 amide bonds. The predicted octanol–water partition coefficient (Wildman–Crippen LogP) is 3.65. The standard InChI is InChI=1S/C24H30N8O/c1-6-16(5)28-23(33)20-8-18(12-32-22(20)29-24(25)30-32)19-11-27-31(13-19)21(14(2)3)17-7-15(4)9-26-10-17/h7-14,16,21H,6H2,1-5H3,(H2,25,30)(H,28,33). The summed E-state index contributed by atoms with van der Waals surface area (Å²) in [6.45, 7) is 10.3. The number of nitrogens with zero attached hydrogens (tertiary/aromatic N) is 6. The number of pyridine rings is 2. The van der Waals surface area contributed by atoms with E-state index < -0.39 is 0 Å². The third kappa shape index (κ3) is 4.57. The van der Waals surface area contributed by atoms with Gasteiger partial charge in [0.25, 0.3) is 5.91 Å². The number of hydrogen-bond donors (Lipinski definition) is 2. The average molecular weight is 447 g/mol. The fourth-order valence-electron chi connectivity index (χ4n) is 3.95. The van der Waals surface area contributed by atoms with E-state index >= 15 is 0 Å². The van der Waals surface area contributed by atoms with E-state index in [9.17, 15) is 4.79 Å². The van der Waals surface area contributed by atoms with Gasteiger partial charge >= 0.3 is 0 Å². The summed E-state index contributed by atoms with van der Waals surface area (Å²) in [7, 11) is 0. The van der Waals surface area contributed by atoms with Crippen LogP contribution in [0.15, 0.2) is 43.1 Å². The molecule has 172 valence electrons. The fourth-order valence-corrected chi connectivity index (χ4v) is 3.95. The molecule has 2 unspecified atom stereocenters. The van der Waals surface area contributed by atoms with Crippen LogP contribution in [0, 0.1) is 12.8 Å². The number of fused-ring (bicyclic) bond motifs is 1. The van der Waals surface area contributed by atoms with E-state index in [-0.39, 0.29) is 23.9 Å². The number of aryl methyl sites for hydroxylation is 1. The summed E-state index contributed by atoms with van der Waals surface area (Å²) in [5, 5.41) is 11.9. The predicted molar refractivity (Wildman–Crippen MR) is 128 cm³/mol. The minimum Gasteiger partial charge on any atom is -0.366 e. The third-order valence-corrected chi connectivity index (χ3v) is 5.77. The quantitative estimate of drug-likeness (QED) is 0.448. The van der Waals surface area contributed by atoms with E-state index in [2.05, 4.69) is 45.4 Å². The van der Waals surface area contributed by atoms with E-state index in [0.29, 0.717) is 17.1 Å². The maximum atomic E-state index is 13.0. The Morgan fingerprint density at radius 3 is 2.61 bits per heavy atom. The average Bonchev–Trinajstić information content (AvgIpc) is 3.38. The number of nitrogen functional groups attached to an aromatic ring is 1. The number of amides is 1. The normalized spacial score (nSPS) is 13.4. The Kier molecular flexibility index (Phi) is 6.13. The van der Waals surface area contributed by atoms with Crippen molar-refractivity contribution < 1.29 is 4.79 Å². The van der Waals surface area contributed by atoms with Crippen molar-refractivity contribution in [2.75, 3.05) is 5.73 Å². The van der Waals surface area contributed by atoms with Crippen LogP contribution in [0.5, 0.6) is 0 Å². The van der Waals surface area contributed by atoms with Gasteiger partial charge in [-0.05, 0) is 43.4 Å². The third-order valence-electron chi connectivity index (χ3n) is 5.77. The number of aromatic nitrogens is 6. The molecule has 33 heavy (non-hydrogen) atoms. The van der Waals surface area contributed by atoms with Crippen LogP contribution in [0.1, 0.15) is 61.6 Å². The lowest BCUT2D eigenvalue weighted by atomic mass is 9.97. The van der Waals surface area contributed by atoms with Crippen LogP contribution in [-0.2, 0) is 0 Å². The van der Waals surface area contributed by atoms with Crippen molar-refractivity contribution in [1.29, 1.82) is 0 Å². The molecule has 0 aliphatic carbocycles. The summed E-state index contributed by atoms with van der Waals surface area (Å²) in [5.74, 6) is 0.213.